The van der Waals surface area contributed by atoms with Crippen molar-refractivity contribution in [3.05, 3.63) is 114 Å². The molecule has 0 aliphatic carbocycles. The van der Waals surface area contributed by atoms with E-state index in [0.717, 1.165) is 42.9 Å². The van der Waals surface area contributed by atoms with Gasteiger partial charge in [0.25, 0.3) is 5.91 Å². The van der Waals surface area contributed by atoms with Crippen molar-refractivity contribution in [3.63, 3.8) is 0 Å². The topological polar surface area (TPSA) is 67.2 Å². The molecule has 0 radical (unpaired) electrons. The van der Waals surface area contributed by atoms with E-state index in [1.165, 1.54) is 5.56 Å². The number of hydrogen-bond acceptors (Lipinski definition) is 5. The minimum Gasteiger partial charge on any atom is -0.337 e. The molecule has 1 amide bonds. The lowest BCUT2D eigenvalue weighted by atomic mass is 10.0. The van der Waals surface area contributed by atoms with Crippen molar-refractivity contribution < 1.29 is 4.79 Å². The third kappa shape index (κ3) is 6.00. The van der Waals surface area contributed by atoms with E-state index in [-0.39, 0.29) is 11.8 Å². The number of carbonyl (C=O) groups is 1. The highest BCUT2D eigenvalue weighted by molar-refractivity contribution is 5.95. The summed E-state index contributed by atoms with van der Waals surface area (Å²) in [5, 5.41) is 0. The summed E-state index contributed by atoms with van der Waals surface area (Å²) in [7, 11) is 0. The SMILES string of the molecule is O=C(c1ccccc1Cn1ccnc1)N1CCN(Cc2ccccc2)C[C@H](Cc2cnccn2)C1. The number of amides is 1. The van der Waals surface area contributed by atoms with Gasteiger partial charge in [0.2, 0.25) is 0 Å². The molecule has 3 heterocycles. The highest BCUT2D eigenvalue weighted by atomic mass is 16.2. The number of benzene rings is 2. The van der Waals surface area contributed by atoms with Crippen LogP contribution in [0.4, 0.5) is 0 Å². The number of rotatable bonds is 7. The first-order valence-electron chi connectivity index (χ1n) is 12.1. The molecule has 2 aromatic heterocycles. The van der Waals surface area contributed by atoms with Crippen LogP contribution in [0.2, 0.25) is 0 Å². The van der Waals surface area contributed by atoms with E-state index in [0.29, 0.717) is 19.6 Å². The van der Waals surface area contributed by atoms with Gasteiger partial charge in [0.1, 0.15) is 0 Å². The van der Waals surface area contributed by atoms with Gasteiger partial charge in [-0.05, 0) is 29.5 Å². The predicted molar refractivity (Wildman–Crippen MR) is 135 cm³/mol. The summed E-state index contributed by atoms with van der Waals surface area (Å²) in [6.07, 6.45) is 11.5. The molecule has 7 nitrogen and oxygen atoms in total. The van der Waals surface area contributed by atoms with Crippen LogP contribution in [0.25, 0.3) is 0 Å². The van der Waals surface area contributed by atoms with Crippen LogP contribution in [0, 0.1) is 5.92 Å². The zero-order valence-corrected chi connectivity index (χ0v) is 19.8. The van der Waals surface area contributed by atoms with Gasteiger partial charge < -0.3 is 9.47 Å². The lowest BCUT2D eigenvalue weighted by Gasteiger charge is -2.25. The van der Waals surface area contributed by atoms with Crippen LogP contribution >= 0.6 is 0 Å². The summed E-state index contributed by atoms with van der Waals surface area (Å²) in [6.45, 7) is 4.63. The zero-order valence-electron chi connectivity index (χ0n) is 19.8. The molecule has 0 saturated carbocycles. The van der Waals surface area contributed by atoms with E-state index in [2.05, 4.69) is 44.1 Å². The minimum atomic E-state index is 0.0893. The quantitative estimate of drug-likeness (QED) is 0.417. The second-order valence-electron chi connectivity index (χ2n) is 9.13. The second kappa shape index (κ2) is 11.1. The summed E-state index contributed by atoms with van der Waals surface area (Å²) in [6, 6.07) is 18.4. The van der Waals surface area contributed by atoms with Crippen molar-refractivity contribution in [1.82, 2.24) is 29.3 Å². The first-order valence-corrected chi connectivity index (χ1v) is 12.1. The maximum absolute atomic E-state index is 13.8. The zero-order chi connectivity index (χ0) is 23.9. The monoisotopic (exact) mass is 466 g/mol. The Morgan fingerprint density at radius 2 is 1.74 bits per heavy atom. The normalized spacial score (nSPS) is 16.7. The molecule has 1 aliphatic rings. The molecule has 0 spiro atoms. The fraction of sp³-hybridized carbons (Fsp3) is 0.286. The fourth-order valence-corrected chi connectivity index (χ4v) is 4.82. The Bertz CT molecular complexity index is 1210. The molecular formula is C28H30N6O. The van der Waals surface area contributed by atoms with Crippen LogP contribution in [0.3, 0.4) is 0 Å². The molecular weight excluding hydrogens is 436 g/mol. The summed E-state index contributed by atoms with van der Waals surface area (Å²) >= 11 is 0. The Morgan fingerprint density at radius 3 is 2.54 bits per heavy atom. The smallest absolute Gasteiger partial charge is 0.254 e. The van der Waals surface area contributed by atoms with Gasteiger partial charge in [-0.3, -0.25) is 19.7 Å². The Balaban J connectivity index is 1.37. The van der Waals surface area contributed by atoms with Crippen molar-refractivity contribution in [2.24, 2.45) is 5.92 Å². The van der Waals surface area contributed by atoms with Crippen LogP contribution in [-0.4, -0.2) is 61.4 Å². The maximum Gasteiger partial charge on any atom is 0.254 e. The molecule has 1 aliphatic heterocycles. The van der Waals surface area contributed by atoms with E-state index in [4.69, 9.17) is 0 Å². The third-order valence-electron chi connectivity index (χ3n) is 6.49. The van der Waals surface area contributed by atoms with Crippen LogP contribution in [0.5, 0.6) is 0 Å². The van der Waals surface area contributed by atoms with Crippen molar-refractivity contribution >= 4 is 5.91 Å². The van der Waals surface area contributed by atoms with E-state index in [1.54, 1.807) is 24.9 Å². The highest BCUT2D eigenvalue weighted by Gasteiger charge is 2.28. The summed E-state index contributed by atoms with van der Waals surface area (Å²) in [5.74, 6) is 0.356. The molecule has 0 unspecified atom stereocenters. The van der Waals surface area contributed by atoms with Crippen molar-refractivity contribution in [2.45, 2.75) is 19.5 Å². The van der Waals surface area contributed by atoms with E-state index >= 15 is 0 Å². The number of hydrogen-bond donors (Lipinski definition) is 0. The summed E-state index contributed by atoms with van der Waals surface area (Å²) in [5.41, 5.74) is 4.02. The van der Waals surface area contributed by atoms with Gasteiger partial charge in [-0.25, -0.2) is 4.98 Å². The van der Waals surface area contributed by atoms with Crippen LogP contribution in [-0.2, 0) is 19.5 Å². The lowest BCUT2D eigenvalue weighted by Crippen LogP contribution is -2.37. The van der Waals surface area contributed by atoms with Crippen LogP contribution < -0.4 is 0 Å². The first-order chi connectivity index (χ1) is 17.2. The van der Waals surface area contributed by atoms with Crippen molar-refractivity contribution in [2.75, 3.05) is 26.2 Å². The molecule has 0 bridgehead atoms. The number of aromatic nitrogens is 4. The highest BCUT2D eigenvalue weighted by Crippen LogP contribution is 2.20. The average molecular weight is 467 g/mol. The van der Waals surface area contributed by atoms with Gasteiger partial charge in [-0.15, -0.1) is 0 Å². The van der Waals surface area contributed by atoms with Gasteiger partial charge >= 0.3 is 0 Å². The molecule has 35 heavy (non-hydrogen) atoms. The molecule has 1 fully saturated rings. The predicted octanol–water partition coefficient (Wildman–Crippen LogP) is 3.54. The summed E-state index contributed by atoms with van der Waals surface area (Å²) in [4.78, 5) is 31.2. The van der Waals surface area contributed by atoms with E-state index in [1.807, 2.05) is 52.2 Å². The number of carbonyl (C=O) groups excluding carboxylic acids is 1. The van der Waals surface area contributed by atoms with E-state index in [9.17, 15) is 4.79 Å². The van der Waals surface area contributed by atoms with Crippen LogP contribution in [0.15, 0.2) is 91.9 Å². The molecule has 178 valence electrons. The largest absolute Gasteiger partial charge is 0.337 e. The van der Waals surface area contributed by atoms with Crippen molar-refractivity contribution in [3.8, 4) is 0 Å². The van der Waals surface area contributed by atoms with E-state index < -0.39 is 0 Å². The number of nitrogens with zero attached hydrogens (tertiary/aromatic N) is 6. The van der Waals surface area contributed by atoms with Crippen LogP contribution in [0.1, 0.15) is 27.2 Å². The van der Waals surface area contributed by atoms with Gasteiger partial charge in [0.05, 0.1) is 12.0 Å². The van der Waals surface area contributed by atoms with Crippen molar-refractivity contribution in [1.29, 1.82) is 0 Å². The fourth-order valence-electron chi connectivity index (χ4n) is 4.82. The van der Waals surface area contributed by atoms with Gasteiger partial charge in [0, 0.05) is 75.8 Å². The first kappa shape index (κ1) is 22.9. The van der Waals surface area contributed by atoms with Gasteiger partial charge in [0.15, 0.2) is 0 Å². The van der Waals surface area contributed by atoms with Gasteiger partial charge in [-0.1, -0.05) is 48.5 Å². The lowest BCUT2D eigenvalue weighted by molar-refractivity contribution is 0.0744. The molecule has 1 atom stereocenters. The average Bonchev–Trinajstić information content (AvgIpc) is 3.32. The van der Waals surface area contributed by atoms with Gasteiger partial charge in [-0.2, -0.15) is 0 Å². The molecule has 2 aromatic carbocycles. The standard InChI is InChI=1S/C28H30N6O/c35-28(27-9-5-4-8-25(27)21-33-13-12-30-22-33)34-15-14-32(18-23-6-2-1-3-7-23)19-24(20-34)16-26-17-29-10-11-31-26/h1-13,17,22,24H,14-16,18-21H2/t24-/m0/s1. The second-order valence-corrected chi connectivity index (χ2v) is 9.13. The Kier molecular flexibility index (Phi) is 7.24. The Labute approximate surface area is 206 Å². The number of imidazole rings is 1. The maximum atomic E-state index is 13.8. The molecule has 1 saturated heterocycles. The molecule has 0 N–H and O–H groups in total. The minimum absolute atomic E-state index is 0.0893. The third-order valence-corrected chi connectivity index (χ3v) is 6.49. The summed E-state index contributed by atoms with van der Waals surface area (Å²) < 4.78 is 1.99. The Hall–Kier alpha value is -3.84. The Morgan fingerprint density at radius 1 is 0.886 bits per heavy atom. The molecule has 4 aromatic rings. The molecule has 5 rings (SSSR count). The molecule has 7 heteroatoms.